The van der Waals surface area contributed by atoms with E-state index in [4.69, 9.17) is 11.6 Å². The van der Waals surface area contributed by atoms with Crippen LogP contribution in [0.1, 0.15) is 81.8 Å². The van der Waals surface area contributed by atoms with Gasteiger partial charge in [-0.3, -0.25) is 0 Å². The largest absolute Gasteiger partial charge is 0.505 e. The molecule has 9 heteroatoms. The third-order valence-electron chi connectivity index (χ3n) is 10.6. The van der Waals surface area contributed by atoms with Crippen LogP contribution >= 0.6 is 11.6 Å². The Morgan fingerprint density at radius 3 is 1.48 bits per heavy atom. The van der Waals surface area contributed by atoms with Gasteiger partial charge in [0.1, 0.15) is 44.9 Å². The van der Waals surface area contributed by atoms with Crippen molar-refractivity contribution >= 4 is 33.7 Å². The molecule has 0 fully saturated rings. The molecule has 2 N–H and O–H groups in total. The van der Waals surface area contributed by atoms with E-state index in [1.807, 2.05) is 79.7 Å². The molecule has 0 saturated carbocycles. The van der Waals surface area contributed by atoms with Gasteiger partial charge in [-0.15, -0.1) is 30.0 Å². The molecular weight excluding hydrogens is 716 g/mol. The molecule has 8 nitrogen and oxygen atoms in total. The number of nitrogens with zero attached hydrogens (tertiary/aromatic N) is 6. The van der Waals surface area contributed by atoms with Gasteiger partial charge in [-0.2, -0.15) is 0 Å². The number of halogens is 1. The lowest BCUT2D eigenvalue weighted by Gasteiger charge is -2.32. The van der Waals surface area contributed by atoms with E-state index in [9.17, 15) is 10.2 Å². The van der Waals surface area contributed by atoms with Crippen LogP contribution in [0.2, 0.25) is 5.02 Å². The number of rotatable bonds is 6. The van der Waals surface area contributed by atoms with Gasteiger partial charge < -0.3 is 10.2 Å². The zero-order chi connectivity index (χ0) is 40.0. The predicted octanol–water partition coefficient (Wildman–Crippen LogP) is 11.2. The van der Waals surface area contributed by atoms with Crippen LogP contribution in [0.4, 0.5) is 0 Å². The SMILES string of the molecule is CC(C)(c1ccccc1)c1cc(-n2nc3ccccc3n2)c(O)c(C(C)(C)c2ccccc2)c1.Cc1cc(-n2nc3ccc(Cl)cc3n2)c(O)c(C(C)(C)C)c1. The Morgan fingerprint density at radius 1 is 0.464 bits per heavy atom. The molecular formula is C47H47ClN6O2. The number of hydrogen-bond donors (Lipinski definition) is 2. The molecule has 0 radical (unpaired) electrons. The first kappa shape index (κ1) is 38.3. The van der Waals surface area contributed by atoms with Gasteiger partial charge in [-0.25, -0.2) is 0 Å². The molecule has 0 atom stereocenters. The molecule has 8 aromatic rings. The highest BCUT2D eigenvalue weighted by atomic mass is 35.5. The third kappa shape index (κ3) is 7.37. The van der Waals surface area contributed by atoms with E-state index in [0.717, 1.165) is 44.4 Å². The van der Waals surface area contributed by atoms with Crippen molar-refractivity contribution in [3.63, 3.8) is 0 Å². The minimum absolute atomic E-state index is 0.166. The van der Waals surface area contributed by atoms with Gasteiger partial charge in [0, 0.05) is 27.0 Å². The van der Waals surface area contributed by atoms with Crippen molar-refractivity contribution in [2.75, 3.05) is 0 Å². The lowest BCUT2D eigenvalue weighted by atomic mass is 9.72. The second-order valence-corrected chi connectivity index (χ2v) is 16.8. The summed E-state index contributed by atoms with van der Waals surface area (Å²) in [5, 5.41) is 41.1. The highest BCUT2D eigenvalue weighted by Gasteiger charge is 2.33. The summed E-state index contributed by atoms with van der Waals surface area (Å²) in [6, 6.07) is 41.9. The van der Waals surface area contributed by atoms with Crippen LogP contribution in [-0.2, 0) is 16.2 Å². The first-order valence-electron chi connectivity index (χ1n) is 18.7. The van der Waals surface area contributed by atoms with Gasteiger partial charge in [0.05, 0.1) is 0 Å². The molecule has 2 aromatic heterocycles. The maximum Gasteiger partial charge on any atom is 0.147 e. The van der Waals surface area contributed by atoms with Crippen LogP contribution in [0.5, 0.6) is 11.5 Å². The summed E-state index contributed by atoms with van der Waals surface area (Å²) in [5.74, 6) is 0.409. The number of benzene rings is 6. The monoisotopic (exact) mass is 762 g/mol. The molecule has 0 amide bonds. The van der Waals surface area contributed by atoms with Crippen LogP contribution in [0.3, 0.4) is 0 Å². The van der Waals surface area contributed by atoms with E-state index in [0.29, 0.717) is 21.9 Å². The number of aromatic nitrogens is 6. The fourth-order valence-electron chi connectivity index (χ4n) is 7.09. The summed E-state index contributed by atoms with van der Waals surface area (Å²) in [7, 11) is 0. The molecule has 0 aliphatic rings. The average Bonchev–Trinajstić information content (AvgIpc) is 3.80. The van der Waals surface area contributed by atoms with Crippen LogP contribution in [0.25, 0.3) is 33.4 Å². The summed E-state index contributed by atoms with van der Waals surface area (Å²) >= 11 is 5.99. The van der Waals surface area contributed by atoms with Crippen molar-refractivity contribution in [1.29, 1.82) is 0 Å². The van der Waals surface area contributed by atoms with Crippen molar-refractivity contribution < 1.29 is 10.2 Å². The van der Waals surface area contributed by atoms with Crippen LogP contribution in [-0.4, -0.2) is 40.2 Å². The third-order valence-corrected chi connectivity index (χ3v) is 10.8. The van der Waals surface area contributed by atoms with Gasteiger partial charge in [0.25, 0.3) is 0 Å². The van der Waals surface area contributed by atoms with E-state index in [-0.39, 0.29) is 22.3 Å². The van der Waals surface area contributed by atoms with Gasteiger partial charge in [0.15, 0.2) is 0 Å². The Balaban J connectivity index is 0.000000189. The molecule has 0 unspecified atom stereocenters. The number of phenols is 2. The molecule has 8 rings (SSSR count). The normalized spacial score (nSPS) is 12.2. The van der Waals surface area contributed by atoms with Crippen LogP contribution in [0, 0.1) is 6.92 Å². The predicted molar refractivity (Wildman–Crippen MR) is 227 cm³/mol. The van der Waals surface area contributed by atoms with E-state index in [2.05, 4.69) is 111 Å². The molecule has 284 valence electrons. The van der Waals surface area contributed by atoms with Crippen molar-refractivity contribution in [3.8, 4) is 22.9 Å². The maximum atomic E-state index is 11.6. The number of phenolic OH excluding ortho intramolecular Hbond substituents is 2. The van der Waals surface area contributed by atoms with Gasteiger partial charge in [-0.1, -0.05) is 145 Å². The van der Waals surface area contributed by atoms with Crippen molar-refractivity contribution in [2.24, 2.45) is 0 Å². The smallest absolute Gasteiger partial charge is 0.147 e. The molecule has 0 aliphatic heterocycles. The summed E-state index contributed by atoms with van der Waals surface area (Å²) in [6.07, 6.45) is 0. The Hall–Kier alpha value is -5.99. The topological polar surface area (TPSA) is 102 Å². The molecule has 0 aliphatic carbocycles. The number of fused-ring (bicyclic) bond motifs is 2. The van der Waals surface area contributed by atoms with E-state index in [1.165, 1.54) is 10.4 Å². The Morgan fingerprint density at radius 2 is 0.929 bits per heavy atom. The summed E-state index contributed by atoms with van der Waals surface area (Å²) in [6.45, 7) is 16.9. The fraction of sp³-hybridized carbons (Fsp3) is 0.234. The summed E-state index contributed by atoms with van der Waals surface area (Å²) < 4.78 is 0. The second-order valence-electron chi connectivity index (χ2n) is 16.4. The molecule has 0 spiro atoms. The molecule has 6 aromatic carbocycles. The highest BCUT2D eigenvalue weighted by molar-refractivity contribution is 6.31. The van der Waals surface area contributed by atoms with Gasteiger partial charge in [0.2, 0.25) is 0 Å². The van der Waals surface area contributed by atoms with Gasteiger partial charge >= 0.3 is 0 Å². The molecule has 0 saturated heterocycles. The fourth-order valence-corrected chi connectivity index (χ4v) is 7.25. The van der Waals surface area contributed by atoms with E-state index in [1.54, 1.807) is 16.9 Å². The Bertz CT molecular complexity index is 2640. The van der Waals surface area contributed by atoms with E-state index < -0.39 is 5.41 Å². The van der Waals surface area contributed by atoms with Crippen molar-refractivity contribution in [3.05, 3.63) is 166 Å². The maximum absolute atomic E-state index is 11.6. The Kier molecular flexibility index (Phi) is 9.97. The highest BCUT2D eigenvalue weighted by Crippen LogP contribution is 2.44. The molecule has 0 bridgehead atoms. The minimum Gasteiger partial charge on any atom is -0.505 e. The zero-order valence-electron chi connectivity index (χ0n) is 33.1. The zero-order valence-corrected chi connectivity index (χ0v) is 33.8. The van der Waals surface area contributed by atoms with Crippen molar-refractivity contribution in [1.82, 2.24) is 30.0 Å². The molecule has 56 heavy (non-hydrogen) atoms. The first-order valence-corrected chi connectivity index (χ1v) is 19.1. The number of hydrogen-bond acceptors (Lipinski definition) is 6. The van der Waals surface area contributed by atoms with Crippen LogP contribution < -0.4 is 0 Å². The van der Waals surface area contributed by atoms with Crippen molar-refractivity contribution in [2.45, 2.75) is 71.6 Å². The first-order chi connectivity index (χ1) is 26.5. The Labute approximate surface area is 333 Å². The number of aromatic hydroxyl groups is 2. The molecule has 2 heterocycles. The van der Waals surface area contributed by atoms with Crippen LogP contribution in [0.15, 0.2) is 127 Å². The standard InChI is InChI=1S/C30H29N3O.C17H18ClN3O/c1-29(2,21-13-7-5-8-14-21)23-19-24(30(3,4)22-15-9-6-10-16-22)28(34)27(20-23)33-31-25-17-11-12-18-26(25)32-33;1-10-7-12(17(2,3)4)16(22)15(8-10)21-19-13-6-5-11(18)9-14(13)20-21/h5-20,34H,1-4H3;5-9,22H,1-4H3. The van der Waals surface area contributed by atoms with Gasteiger partial charge in [-0.05, 0) is 77.1 Å². The summed E-state index contributed by atoms with van der Waals surface area (Å²) in [5.41, 5.74) is 9.48. The van der Waals surface area contributed by atoms with E-state index >= 15 is 0 Å². The average molecular weight is 763 g/mol. The lowest BCUT2D eigenvalue weighted by Crippen LogP contribution is -2.24. The quantitative estimate of drug-likeness (QED) is 0.175. The second kappa shape index (κ2) is 14.6. The lowest BCUT2D eigenvalue weighted by molar-refractivity contribution is 0.440. The number of aryl methyl sites for hydroxylation is 1. The summed E-state index contributed by atoms with van der Waals surface area (Å²) in [4.78, 5) is 3.04. The minimum atomic E-state index is -0.435.